The zero-order valence-electron chi connectivity index (χ0n) is 16.5. The molecule has 0 spiro atoms. The number of methoxy groups -OCH3 is 1. The number of carboxylic acid groups (broad SMARTS) is 1. The molecule has 8 heteroatoms. The van der Waals surface area contributed by atoms with Gasteiger partial charge in [0.25, 0.3) is 0 Å². The van der Waals surface area contributed by atoms with Crippen molar-refractivity contribution >= 4 is 29.2 Å². The Labute approximate surface area is 166 Å². The number of hydrogen-bond acceptors (Lipinski definition) is 4. The van der Waals surface area contributed by atoms with Crippen LogP contribution in [0.25, 0.3) is 0 Å². The zero-order valence-corrected chi connectivity index (χ0v) is 17.4. The fraction of sp³-hybridized carbons (Fsp3) is 0.526. The van der Waals surface area contributed by atoms with Gasteiger partial charge in [-0.05, 0) is 36.7 Å². The van der Waals surface area contributed by atoms with Crippen LogP contribution in [0, 0.1) is 12.8 Å². The van der Waals surface area contributed by atoms with Crippen molar-refractivity contribution < 1.29 is 19.4 Å². The summed E-state index contributed by atoms with van der Waals surface area (Å²) in [6, 6.07) is 4.98. The lowest BCUT2D eigenvalue weighted by atomic mass is 10.0. The summed E-state index contributed by atoms with van der Waals surface area (Å²) in [5, 5.41) is 15.8. The Kier molecular flexibility index (Phi) is 9.00. The number of rotatable bonds is 9. The molecule has 0 aliphatic carbocycles. The van der Waals surface area contributed by atoms with Gasteiger partial charge in [-0.3, -0.25) is 4.79 Å². The van der Waals surface area contributed by atoms with E-state index in [9.17, 15) is 14.7 Å². The Hall–Kier alpha value is -2.35. The maximum Gasteiger partial charge on any atom is 0.326 e. The first-order valence-electron chi connectivity index (χ1n) is 8.81. The third kappa shape index (κ3) is 6.71. The van der Waals surface area contributed by atoms with E-state index in [1.807, 2.05) is 25.1 Å². The lowest BCUT2D eigenvalue weighted by Gasteiger charge is -2.27. The second-order valence-corrected chi connectivity index (χ2v) is 7.06. The van der Waals surface area contributed by atoms with Crippen molar-refractivity contribution in [2.24, 2.45) is 5.92 Å². The van der Waals surface area contributed by atoms with Crippen molar-refractivity contribution in [1.82, 2.24) is 15.5 Å². The summed E-state index contributed by atoms with van der Waals surface area (Å²) in [6.45, 7) is 6.38. The van der Waals surface area contributed by atoms with Gasteiger partial charge < -0.3 is 25.4 Å². The van der Waals surface area contributed by atoms with Gasteiger partial charge in [0.05, 0.1) is 7.11 Å². The Morgan fingerprint density at radius 3 is 2.52 bits per heavy atom. The molecule has 0 bridgehead atoms. The van der Waals surface area contributed by atoms with Crippen LogP contribution < -0.4 is 15.4 Å². The minimum absolute atomic E-state index is 0.155. The van der Waals surface area contributed by atoms with Gasteiger partial charge in [0, 0.05) is 32.1 Å². The van der Waals surface area contributed by atoms with Crippen LogP contribution in [0.3, 0.4) is 0 Å². The van der Waals surface area contributed by atoms with Crippen LogP contribution >= 0.6 is 12.2 Å². The van der Waals surface area contributed by atoms with Crippen molar-refractivity contribution in [3.8, 4) is 5.75 Å². The molecule has 1 aromatic rings. The Bertz CT molecular complexity index is 679. The highest BCUT2D eigenvalue weighted by Crippen LogP contribution is 2.21. The first-order valence-corrected chi connectivity index (χ1v) is 9.22. The average Bonchev–Trinajstić information content (AvgIpc) is 2.59. The fourth-order valence-corrected chi connectivity index (χ4v) is 3.01. The Balaban J connectivity index is 2.47. The molecule has 0 aliphatic rings. The number of thiocarbonyl (C=S) groups is 1. The molecule has 1 atom stereocenters. The topological polar surface area (TPSA) is 90.9 Å². The molecule has 0 aromatic heterocycles. The summed E-state index contributed by atoms with van der Waals surface area (Å²) in [5.74, 6) is -0.628. The van der Waals surface area contributed by atoms with E-state index in [1.54, 1.807) is 21.0 Å². The quantitative estimate of drug-likeness (QED) is 0.550. The molecule has 1 amide bonds. The molecule has 0 radical (unpaired) electrons. The molecule has 0 unspecified atom stereocenters. The van der Waals surface area contributed by atoms with Crippen molar-refractivity contribution in [3.63, 3.8) is 0 Å². The highest BCUT2D eigenvalue weighted by molar-refractivity contribution is 7.80. The molecule has 7 nitrogen and oxygen atoms in total. The smallest absolute Gasteiger partial charge is 0.326 e. The van der Waals surface area contributed by atoms with Gasteiger partial charge in [0.2, 0.25) is 5.91 Å². The summed E-state index contributed by atoms with van der Waals surface area (Å²) in [5.41, 5.74) is 2.11. The molecule has 150 valence electrons. The number of carbonyl (C=O) groups excluding carboxylic acids is 1. The molecule has 0 aliphatic heterocycles. The Morgan fingerprint density at radius 2 is 1.96 bits per heavy atom. The molecule has 1 rings (SSSR count). The number of carboxylic acids is 1. The summed E-state index contributed by atoms with van der Waals surface area (Å²) in [6.07, 6.45) is 0.155. The predicted molar refractivity (Wildman–Crippen MR) is 109 cm³/mol. The van der Waals surface area contributed by atoms with Gasteiger partial charge in [-0.1, -0.05) is 26.0 Å². The zero-order chi connectivity index (χ0) is 20.6. The second kappa shape index (κ2) is 10.7. The molecule has 0 fully saturated rings. The van der Waals surface area contributed by atoms with Crippen LogP contribution in [-0.4, -0.2) is 53.7 Å². The van der Waals surface area contributed by atoms with Gasteiger partial charge in [-0.25, -0.2) is 4.79 Å². The molecule has 27 heavy (non-hydrogen) atoms. The van der Waals surface area contributed by atoms with E-state index < -0.39 is 12.0 Å². The van der Waals surface area contributed by atoms with Crippen molar-refractivity contribution in [2.75, 3.05) is 20.7 Å². The number of likely N-dealkylation sites (N-methyl/N-ethyl adjacent to an activating group) is 1. The van der Waals surface area contributed by atoms with E-state index in [0.29, 0.717) is 18.2 Å². The average molecular weight is 396 g/mol. The van der Waals surface area contributed by atoms with Crippen LogP contribution in [-0.2, 0) is 16.1 Å². The molecule has 0 saturated heterocycles. The van der Waals surface area contributed by atoms with E-state index in [-0.39, 0.29) is 18.2 Å². The van der Waals surface area contributed by atoms with E-state index in [1.165, 1.54) is 11.9 Å². The van der Waals surface area contributed by atoms with E-state index in [2.05, 4.69) is 10.6 Å². The molecule has 0 heterocycles. The standard InChI is InChI=1S/C19H29N3O4S/c1-12(2)17(18(24)25)22(4)16(23)9-10-20-19(27)21-11-14-13(3)7-6-8-15(14)26-5/h6-8,12,17H,9-11H2,1-5H3,(H,24,25)(H2,20,21,27)/t17-/m0/s1. The van der Waals surface area contributed by atoms with Crippen LogP contribution in [0.2, 0.25) is 0 Å². The van der Waals surface area contributed by atoms with Crippen molar-refractivity contribution in [1.29, 1.82) is 0 Å². The third-order valence-corrected chi connectivity index (χ3v) is 4.62. The summed E-state index contributed by atoms with van der Waals surface area (Å²) >= 11 is 5.25. The number of aliphatic carboxylic acids is 1. The van der Waals surface area contributed by atoms with E-state index in [4.69, 9.17) is 17.0 Å². The lowest BCUT2D eigenvalue weighted by molar-refractivity contribution is -0.150. The number of benzene rings is 1. The van der Waals surface area contributed by atoms with E-state index in [0.717, 1.165) is 16.9 Å². The highest BCUT2D eigenvalue weighted by atomic mass is 32.1. The first kappa shape index (κ1) is 22.7. The van der Waals surface area contributed by atoms with Gasteiger partial charge in [-0.15, -0.1) is 0 Å². The second-order valence-electron chi connectivity index (χ2n) is 6.65. The molecular formula is C19H29N3O4S. The lowest BCUT2D eigenvalue weighted by Crippen LogP contribution is -2.46. The number of nitrogens with one attached hydrogen (secondary N) is 2. The summed E-state index contributed by atoms with van der Waals surface area (Å²) in [4.78, 5) is 24.8. The number of aryl methyl sites for hydroxylation is 1. The minimum atomic E-state index is -1.00. The third-order valence-electron chi connectivity index (χ3n) is 4.33. The molecular weight excluding hydrogens is 366 g/mol. The highest BCUT2D eigenvalue weighted by Gasteiger charge is 2.29. The number of amides is 1. The maximum absolute atomic E-state index is 12.2. The van der Waals surface area contributed by atoms with Gasteiger partial charge in [0.15, 0.2) is 5.11 Å². The number of carbonyl (C=O) groups is 2. The van der Waals surface area contributed by atoms with Crippen LogP contribution in [0.5, 0.6) is 5.75 Å². The normalized spacial score (nSPS) is 11.6. The van der Waals surface area contributed by atoms with Crippen LogP contribution in [0.4, 0.5) is 0 Å². The SMILES string of the molecule is COc1cccc(C)c1CNC(=S)NCCC(=O)N(C)[C@H](C(=O)O)C(C)C. The van der Waals surface area contributed by atoms with Crippen LogP contribution in [0.15, 0.2) is 18.2 Å². The Morgan fingerprint density at radius 1 is 1.30 bits per heavy atom. The van der Waals surface area contributed by atoms with Gasteiger partial charge >= 0.3 is 5.97 Å². The fourth-order valence-electron chi connectivity index (χ4n) is 2.84. The molecule has 1 aromatic carbocycles. The van der Waals surface area contributed by atoms with Crippen molar-refractivity contribution in [2.45, 2.75) is 39.8 Å². The van der Waals surface area contributed by atoms with Crippen molar-refractivity contribution in [3.05, 3.63) is 29.3 Å². The monoisotopic (exact) mass is 395 g/mol. The van der Waals surface area contributed by atoms with Gasteiger partial charge in [0.1, 0.15) is 11.8 Å². The summed E-state index contributed by atoms with van der Waals surface area (Å²) < 4.78 is 5.36. The van der Waals surface area contributed by atoms with Gasteiger partial charge in [-0.2, -0.15) is 0 Å². The predicted octanol–water partition coefficient (Wildman–Crippen LogP) is 1.93. The molecule has 0 saturated carbocycles. The summed E-state index contributed by atoms with van der Waals surface area (Å²) in [7, 11) is 3.14. The first-order chi connectivity index (χ1) is 12.7. The number of nitrogens with zero attached hydrogens (tertiary/aromatic N) is 1. The molecule has 3 N–H and O–H groups in total. The largest absolute Gasteiger partial charge is 0.496 e. The number of hydrogen-bond donors (Lipinski definition) is 3. The van der Waals surface area contributed by atoms with Crippen LogP contribution in [0.1, 0.15) is 31.4 Å². The maximum atomic E-state index is 12.2. The number of ether oxygens (including phenoxy) is 1. The minimum Gasteiger partial charge on any atom is -0.496 e. The van der Waals surface area contributed by atoms with E-state index >= 15 is 0 Å².